The van der Waals surface area contributed by atoms with Crippen LogP contribution in [-0.4, -0.2) is 49.7 Å². The molecule has 1 aliphatic heterocycles. The predicted octanol–water partition coefficient (Wildman–Crippen LogP) is 3.81. The molecule has 3 aromatic rings. The van der Waals surface area contributed by atoms with Crippen molar-refractivity contribution in [2.75, 3.05) is 6.54 Å². The van der Waals surface area contributed by atoms with Crippen molar-refractivity contribution in [2.24, 2.45) is 0 Å². The van der Waals surface area contributed by atoms with Gasteiger partial charge in [-0.2, -0.15) is 13.2 Å². The Bertz CT molecular complexity index is 1020. The number of alkyl halides is 3. The maximum absolute atomic E-state index is 12.5. The van der Waals surface area contributed by atoms with Gasteiger partial charge in [0.05, 0.1) is 17.1 Å². The fourth-order valence-corrected chi connectivity index (χ4v) is 3.10. The predicted molar refractivity (Wildman–Crippen MR) is 94.3 cm³/mol. The van der Waals surface area contributed by atoms with Crippen LogP contribution in [0.5, 0.6) is 0 Å². The molecule has 1 saturated heterocycles. The van der Waals surface area contributed by atoms with E-state index in [1.54, 1.807) is 11.0 Å². The molecule has 1 unspecified atom stereocenters. The third-order valence-electron chi connectivity index (χ3n) is 4.19. The lowest BCUT2D eigenvalue weighted by molar-refractivity contribution is -0.192. The lowest BCUT2D eigenvalue weighted by atomic mass is 10.2. The molecule has 0 saturated carbocycles. The maximum Gasteiger partial charge on any atom is 0.490 e. The summed E-state index contributed by atoms with van der Waals surface area (Å²) in [7, 11) is 0. The zero-order valence-corrected chi connectivity index (χ0v) is 15.4. The standard InChI is InChI=1S/C15H13ClN4O2.C2HF3O2/c16-9-3-4-10-12(8-9)18-14(17-10)13-2-1-6-20(13)15(21)11-5-7-22-19-11;3-2(4,5)1(6)7/h3-5,7-8,13H,1-2,6H2,(H,17,18);(H,6,7). The van der Waals surface area contributed by atoms with Gasteiger partial charge in [0.25, 0.3) is 5.91 Å². The number of carbonyl (C=O) groups is 2. The van der Waals surface area contributed by atoms with Crippen molar-refractivity contribution in [3.63, 3.8) is 0 Å². The SMILES string of the molecule is O=C(O)C(F)(F)F.O=C(c1ccon1)N1CCCC1c1nc2ccc(Cl)cc2[nH]1. The van der Waals surface area contributed by atoms with Crippen LogP contribution in [0.15, 0.2) is 35.1 Å². The lowest BCUT2D eigenvalue weighted by Gasteiger charge is -2.21. The number of H-pyrrole nitrogens is 1. The molecule has 1 aliphatic rings. The van der Waals surface area contributed by atoms with Gasteiger partial charge in [-0.3, -0.25) is 4.79 Å². The third kappa shape index (κ3) is 4.67. The number of aromatic nitrogens is 3. The molecular formula is C17H14ClF3N4O4. The molecule has 2 N–H and O–H groups in total. The number of carbonyl (C=O) groups excluding carboxylic acids is 1. The average Bonchev–Trinajstić information content (AvgIpc) is 3.39. The molecule has 2 aromatic heterocycles. The van der Waals surface area contributed by atoms with E-state index in [-0.39, 0.29) is 11.9 Å². The summed E-state index contributed by atoms with van der Waals surface area (Å²) < 4.78 is 36.5. The van der Waals surface area contributed by atoms with E-state index >= 15 is 0 Å². The Hall–Kier alpha value is -3.08. The Kier molecular flexibility index (Phi) is 5.78. The average molecular weight is 431 g/mol. The Morgan fingerprint density at radius 2 is 2.03 bits per heavy atom. The first kappa shape index (κ1) is 20.6. The van der Waals surface area contributed by atoms with Gasteiger partial charge in [-0.25, -0.2) is 9.78 Å². The number of benzene rings is 1. The van der Waals surface area contributed by atoms with Crippen LogP contribution in [0, 0.1) is 0 Å². The number of hydrogen-bond acceptors (Lipinski definition) is 5. The quantitative estimate of drug-likeness (QED) is 0.639. The van der Waals surface area contributed by atoms with Gasteiger partial charge in [0.1, 0.15) is 12.1 Å². The van der Waals surface area contributed by atoms with Crippen molar-refractivity contribution >= 4 is 34.5 Å². The zero-order chi connectivity index (χ0) is 21.2. The first-order chi connectivity index (χ1) is 13.7. The highest BCUT2D eigenvalue weighted by Gasteiger charge is 2.38. The minimum atomic E-state index is -5.08. The van der Waals surface area contributed by atoms with Crippen LogP contribution in [-0.2, 0) is 4.79 Å². The number of rotatable bonds is 2. The van der Waals surface area contributed by atoms with Crippen LogP contribution in [0.3, 0.4) is 0 Å². The summed E-state index contributed by atoms with van der Waals surface area (Å²) >= 11 is 6.00. The zero-order valence-electron chi connectivity index (χ0n) is 14.6. The smallest absolute Gasteiger partial charge is 0.475 e. The number of halogens is 4. The number of imidazole rings is 1. The Labute approximate surface area is 166 Å². The summed E-state index contributed by atoms with van der Waals surface area (Å²) in [6.45, 7) is 0.689. The monoisotopic (exact) mass is 430 g/mol. The first-order valence-corrected chi connectivity index (χ1v) is 8.71. The molecule has 0 bridgehead atoms. The number of aliphatic carboxylic acids is 1. The Morgan fingerprint density at radius 1 is 1.31 bits per heavy atom. The number of likely N-dealkylation sites (tertiary alicyclic amines) is 1. The van der Waals surface area contributed by atoms with E-state index in [9.17, 15) is 18.0 Å². The summed E-state index contributed by atoms with van der Waals surface area (Å²) in [4.78, 5) is 31.1. The molecule has 0 radical (unpaired) electrons. The largest absolute Gasteiger partial charge is 0.490 e. The second-order valence-electron chi connectivity index (χ2n) is 6.13. The molecule has 1 fully saturated rings. The van der Waals surface area contributed by atoms with Crippen LogP contribution < -0.4 is 0 Å². The molecule has 1 aromatic carbocycles. The fourth-order valence-electron chi connectivity index (χ4n) is 2.92. The van der Waals surface area contributed by atoms with Crippen molar-refractivity contribution in [3.8, 4) is 0 Å². The van der Waals surface area contributed by atoms with Gasteiger partial charge in [-0.05, 0) is 31.0 Å². The van der Waals surface area contributed by atoms with Gasteiger partial charge in [-0.1, -0.05) is 16.8 Å². The number of hydrogen-bond donors (Lipinski definition) is 2. The third-order valence-corrected chi connectivity index (χ3v) is 4.43. The number of nitrogens with one attached hydrogen (secondary N) is 1. The summed E-state index contributed by atoms with van der Waals surface area (Å²) in [5, 5.41) is 11.5. The molecule has 29 heavy (non-hydrogen) atoms. The van der Waals surface area contributed by atoms with Crippen molar-refractivity contribution in [3.05, 3.63) is 47.1 Å². The van der Waals surface area contributed by atoms with Crippen LogP contribution in [0.25, 0.3) is 11.0 Å². The van der Waals surface area contributed by atoms with Crippen LogP contribution in [0.4, 0.5) is 13.2 Å². The topological polar surface area (TPSA) is 112 Å². The van der Waals surface area contributed by atoms with E-state index < -0.39 is 12.1 Å². The number of nitrogens with zero attached hydrogens (tertiary/aromatic N) is 3. The van der Waals surface area contributed by atoms with Gasteiger partial charge in [-0.15, -0.1) is 0 Å². The fraction of sp³-hybridized carbons (Fsp3) is 0.294. The maximum atomic E-state index is 12.5. The van der Waals surface area contributed by atoms with E-state index in [4.69, 9.17) is 26.0 Å². The number of fused-ring (bicyclic) bond motifs is 1. The highest BCUT2D eigenvalue weighted by Crippen LogP contribution is 2.32. The number of amides is 1. The highest BCUT2D eigenvalue weighted by atomic mass is 35.5. The molecule has 154 valence electrons. The van der Waals surface area contributed by atoms with Crippen LogP contribution in [0.2, 0.25) is 5.02 Å². The van der Waals surface area contributed by atoms with E-state index in [0.29, 0.717) is 17.3 Å². The van der Waals surface area contributed by atoms with E-state index in [1.807, 2.05) is 18.2 Å². The minimum Gasteiger partial charge on any atom is -0.475 e. The number of carboxylic acids is 1. The van der Waals surface area contributed by atoms with Crippen molar-refractivity contribution in [1.29, 1.82) is 0 Å². The highest BCUT2D eigenvalue weighted by molar-refractivity contribution is 6.31. The molecule has 1 atom stereocenters. The van der Waals surface area contributed by atoms with Crippen LogP contribution in [0.1, 0.15) is 35.2 Å². The van der Waals surface area contributed by atoms with E-state index in [1.165, 1.54) is 6.26 Å². The Morgan fingerprint density at radius 3 is 2.66 bits per heavy atom. The van der Waals surface area contributed by atoms with E-state index in [2.05, 4.69) is 15.1 Å². The normalized spacial score (nSPS) is 16.6. The van der Waals surface area contributed by atoms with Crippen molar-refractivity contribution in [2.45, 2.75) is 25.1 Å². The molecule has 12 heteroatoms. The molecule has 3 heterocycles. The number of aromatic amines is 1. The molecule has 8 nitrogen and oxygen atoms in total. The molecule has 1 amide bonds. The number of carboxylic acid groups (broad SMARTS) is 1. The van der Waals surface area contributed by atoms with Gasteiger partial charge >= 0.3 is 12.1 Å². The van der Waals surface area contributed by atoms with Gasteiger partial charge in [0.15, 0.2) is 5.69 Å². The summed E-state index contributed by atoms with van der Waals surface area (Å²) in [6, 6.07) is 7.02. The van der Waals surface area contributed by atoms with E-state index in [0.717, 1.165) is 29.7 Å². The molecular weight excluding hydrogens is 417 g/mol. The Balaban J connectivity index is 0.000000298. The second kappa shape index (κ2) is 8.11. The van der Waals surface area contributed by atoms with Gasteiger partial charge in [0.2, 0.25) is 0 Å². The van der Waals surface area contributed by atoms with Crippen molar-refractivity contribution < 1.29 is 32.4 Å². The van der Waals surface area contributed by atoms with Crippen LogP contribution >= 0.6 is 11.6 Å². The first-order valence-electron chi connectivity index (χ1n) is 8.33. The summed E-state index contributed by atoms with van der Waals surface area (Å²) in [5.41, 5.74) is 2.05. The summed E-state index contributed by atoms with van der Waals surface area (Å²) in [6.07, 6.45) is -1.87. The van der Waals surface area contributed by atoms with Gasteiger partial charge in [0, 0.05) is 17.6 Å². The molecule has 0 aliphatic carbocycles. The molecule has 0 spiro atoms. The second-order valence-corrected chi connectivity index (χ2v) is 6.56. The summed E-state index contributed by atoms with van der Waals surface area (Å²) in [5.74, 6) is -2.10. The van der Waals surface area contributed by atoms with Crippen molar-refractivity contribution in [1.82, 2.24) is 20.0 Å². The lowest BCUT2D eigenvalue weighted by Crippen LogP contribution is -2.31. The van der Waals surface area contributed by atoms with Gasteiger partial charge < -0.3 is 19.5 Å². The minimum absolute atomic E-state index is 0.0737. The molecule has 4 rings (SSSR count).